The summed E-state index contributed by atoms with van der Waals surface area (Å²) >= 11 is 7.58. The number of rotatable bonds is 4. The fourth-order valence-electron chi connectivity index (χ4n) is 2.62. The summed E-state index contributed by atoms with van der Waals surface area (Å²) in [5, 5.41) is 14.2. The molecule has 0 bridgehead atoms. The summed E-state index contributed by atoms with van der Waals surface area (Å²) in [5.41, 5.74) is 0.812. The number of amides is 1. The minimum absolute atomic E-state index is 0.0170. The number of nitrogens with one attached hydrogen (secondary N) is 1. The number of thioether (sulfide) groups is 1. The number of pyridine rings is 1. The van der Waals surface area contributed by atoms with Crippen molar-refractivity contribution >= 4 is 35.0 Å². The molecule has 1 fully saturated rings. The summed E-state index contributed by atoms with van der Waals surface area (Å²) in [5.74, 6) is -0.312. The Morgan fingerprint density at radius 1 is 1.30 bits per heavy atom. The van der Waals surface area contributed by atoms with Crippen molar-refractivity contribution < 1.29 is 9.90 Å². The second-order valence-corrected chi connectivity index (χ2v) is 7.22. The van der Waals surface area contributed by atoms with Gasteiger partial charge in [-0.05, 0) is 43.2 Å². The minimum atomic E-state index is -0.295. The Morgan fingerprint density at radius 2 is 2.09 bits per heavy atom. The number of phenolic OH excluding ortho intramolecular Hbond substituents is 1. The molecule has 2 aromatic rings. The van der Waals surface area contributed by atoms with Crippen molar-refractivity contribution in [2.75, 3.05) is 5.32 Å². The van der Waals surface area contributed by atoms with Gasteiger partial charge in [-0.3, -0.25) is 4.79 Å². The Hall–Kier alpha value is -1.72. The molecule has 0 saturated heterocycles. The van der Waals surface area contributed by atoms with Crippen LogP contribution in [-0.4, -0.2) is 21.2 Å². The topological polar surface area (TPSA) is 62.2 Å². The fourth-order valence-corrected chi connectivity index (χ4v) is 4.09. The lowest BCUT2D eigenvalue weighted by Gasteiger charge is -2.13. The van der Waals surface area contributed by atoms with Gasteiger partial charge in [0.2, 0.25) is 0 Å². The number of benzene rings is 1. The van der Waals surface area contributed by atoms with Gasteiger partial charge in [0.15, 0.2) is 0 Å². The minimum Gasteiger partial charge on any atom is -0.506 e. The maximum Gasteiger partial charge on any atom is 0.258 e. The molecule has 1 aliphatic rings. The second-order valence-electron chi connectivity index (χ2n) is 5.50. The molecule has 0 atom stereocenters. The quantitative estimate of drug-likeness (QED) is 0.784. The molecule has 2 N–H and O–H groups in total. The Bertz CT molecular complexity index is 717. The average Bonchev–Trinajstić information content (AvgIpc) is 3.04. The number of anilines is 1. The van der Waals surface area contributed by atoms with E-state index in [-0.39, 0.29) is 11.7 Å². The Morgan fingerprint density at radius 3 is 2.87 bits per heavy atom. The molecular formula is C17H17ClN2O2S. The first-order chi connectivity index (χ1) is 11.1. The second kappa shape index (κ2) is 7.23. The molecular weight excluding hydrogens is 332 g/mol. The molecule has 1 amide bonds. The van der Waals surface area contributed by atoms with Gasteiger partial charge in [-0.15, -0.1) is 11.8 Å². The predicted molar refractivity (Wildman–Crippen MR) is 93.4 cm³/mol. The Labute approximate surface area is 144 Å². The highest BCUT2D eigenvalue weighted by molar-refractivity contribution is 7.99. The maximum atomic E-state index is 12.6. The number of carbonyl (C=O) groups is 1. The molecule has 6 heteroatoms. The number of hydrogen-bond acceptors (Lipinski definition) is 4. The van der Waals surface area contributed by atoms with E-state index < -0.39 is 0 Å². The largest absolute Gasteiger partial charge is 0.506 e. The molecule has 4 nitrogen and oxygen atoms in total. The normalized spacial score (nSPS) is 14.8. The summed E-state index contributed by atoms with van der Waals surface area (Å²) in [4.78, 5) is 16.9. The monoisotopic (exact) mass is 348 g/mol. The number of hydrogen-bond donors (Lipinski definition) is 2. The van der Waals surface area contributed by atoms with Crippen LogP contribution in [-0.2, 0) is 0 Å². The fraction of sp³-hybridized carbons (Fsp3) is 0.294. The van der Waals surface area contributed by atoms with E-state index in [4.69, 9.17) is 11.6 Å². The van der Waals surface area contributed by atoms with Crippen molar-refractivity contribution in [3.63, 3.8) is 0 Å². The van der Waals surface area contributed by atoms with E-state index in [2.05, 4.69) is 10.3 Å². The lowest BCUT2D eigenvalue weighted by molar-refractivity contribution is 0.102. The number of carbonyl (C=O) groups excluding carboxylic acids is 1. The molecule has 3 rings (SSSR count). The zero-order chi connectivity index (χ0) is 16.2. The van der Waals surface area contributed by atoms with Gasteiger partial charge in [-0.2, -0.15) is 0 Å². The predicted octanol–water partition coefficient (Wildman–Crippen LogP) is 4.73. The molecule has 1 aromatic heterocycles. The third kappa shape index (κ3) is 3.98. The van der Waals surface area contributed by atoms with Crippen LogP contribution >= 0.6 is 23.4 Å². The van der Waals surface area contributed by atoms with Crippen molar-refractivity contribution in [3.05, 3.63) is 47.1 Å². The van der Waals surface area contributed by atoms with E-state index >= 15 is 0 Å². The molecule has 1 heterocycles. The number of nitrogens with zero attached hydrogens (tertiary/aromatic N) is 1. The molecule has 0 aliphatic heterocycles. The van der Waals surface area contributed by atoms with Crippen molar-refractivity contribution in [2.24, 2.45) is 0 Å². The highest BCUT2D eigenvalue weighted by Gasteiger charge is 2.21. The van der Waals surface area contributed by atoms with E-state index in [1.165, 1.54) is 25.0 Å². The molecule has 1 aromatic carbocycles. The van der Waals surface area contributed by atoms with Crippen LogP contribution in [0.25, 0.3) is 0 Å². The third-order valence-electron chi connectivity index (χ3n) is 3.80. The van der Waals surface area contributed by atoms with Crippen LogP contribution in [0.2, 0.25) is 5.02 Å². The first kappa shape index (κ1) is 16.1. The van der Waals surface area contributed by atoms with E-state index in [9.17, 15) is 9.90 Å². The van der Waals surface area contributed by atoms with Gasteiger partial charge in [0.05, 0.1) is 11.3 Å². The van der Waals surface area contributed by atoms with Gasteiger partial charge in [0.1, 0.15) is 10.8 Å². The van der Waals surface area contributed by atoms with Crippen LogP contribution in [0.5, 0.6) is 5.75 Å². The molecule has 1 aliphatic carbocycles. The average molecular weight is 349 g/mol. The number of phenols is 1. The van der Waals surface area contributed by atoms with Gasteiger partial charge in [0, 0.05) is 16.5 Å². The van der Waals surface area contributed by atoms with E-state index in [1.54, 1.807) is 36.2 Å². The summed E-state index contributed by atoms with van der Waals surface area (Å²) in [6.45, 7) is 0. The molecule has 1 saturated carbocycles. The summed E-state index contributed by atoms with van der Waals surface area (Å²) in [6.07, 6.45) is 6.50. The first-order valence-corrected chi connectivity index (χ1v) is 8.81. The summed E-state index contributed by atoms with van der Waals surface area (Å²) in [6, 6.07) is 8.04. The molecule has 120 valence electrons. The molecule has 23 heavy (non-hydrogen) atoms. The Balaban J connectivity index is 1.80. The van der Waals surface area contributed by atoms with Crippen molar-refractivity contribution in [3.8, 4) is 5.75 Å². The van der Waals surface area contributed by atoms with Gasteiger partial charge in [0.25, 0.3) is 5.91 Å². The van der Waals surface area contributed by atoms with Crippen LogP contribution < -0.4 is 5.32 Å². The van der Waals surface area contributed by atoms with Gasteiger partial charge in [-0.25, -0.2) is 4.98 Å². The molecule has 0 spiro atoms. The van der Waals surface area contributed by atoms with Gasteiger partial charge < -0.3 is 10.4 Å². The lowest BCUT2D eigenvalue weighted by Crippen LogP contribution is -2.14. The third-order valence-corrected chi connectivity index (χ3v) is 5.39. The van der Waals surface area contributed by atoms with Crippen molar-refractivity contribution in [1.29, 1.82) is 0 Å². The van der Waals surface area contributed by atoms with Crippen LogP contribution in [0.3, 0.4) is 0 Å². The maximum absolute atomic E-state index is 12.6. The number of aromatic hydroxyl groups is 1. The molecule has 0 unspecified atom stereocenters. The lowest BCUT2D eigenvalue weighted by atomic mass is 10.2. The molecule has 0 radical (unpaired) electrons. The van der Waals surface area contributed by atoms with Gasteiger partial charge >= 0.3 is 0 Å². The zero-order valence-electron chi connectivity index (χ0n) is 12.5. The smallest absolute Gasteiger partial charge is 0.258 e. The van der Waals surface area contributed by atoms with Crippen LogP contribution in [0, 0.1) is 0 Å². The van der Waals surface area contributed by atoms with E-state index in [0.29, 0.717) is 21.5 Å². The van der Waals surface area contributed by atoms with Crippen LogP contribution in [0.15, 0.2) is 41.6 Å². The van der Waals surface area contributed by atoms with E-state index in [0.717, 1.165) is 17.9 Å². The summed E-state index contributed by atoms with van der Waals surface area (Å²) < 4.78 is 0. The first-order valence-electron chi connectivity index (χ1n) is 7.55. The highest BCUT2D eigenvalue weighted by Crippen LogP contribution is 2.35. The Kier molecular flexibility index (Phi) is 5.08. The van der Waals surface area contributed by atoms with Crippen LogP contribution in [0.4, 0.5) is 5.69 Å². The van der Waals surface area contributed by atoms with Crippen molar-refractivity contribution in [2.45, 2.75) is 36.0 Å². The van der Waals surface area contributed by atoms with Crippen LogP contribution in [0.1, 0.15) is 36.0 Å². The van der Waals surface area contributed by atoms with E-state index in [1.807, 2.05) is 0 Å². The highest BCUT2D eigenvalue weighted by atomic mass is 35.5. The summed E-state index contributed by atoms with van der Waals surface area (Å²) in [7, 11) is 0. The SMILES string of the molecule is O=C(Nc1cc(Cl)ccc1O)c1cccnc1SC1CCCC1. The standard InChI is InChI=1S/C17H17ClN2O2S/c18-11-7-8-15(21)14(10-11)20-16(22)13-6-3-9-19-17(13)23-12-4-1-2-5-12/h3,6-10,12,21H,1-2,4-5H2,(H,20,22). The van der Waals surface area contributed by atoms with Crippen molar-refractivity contribution in [1.82, 2.24) is 4.98 Å². The number of halogens is 1. The number of aromatic nitrogens is 1. The zero-order valence-corrected chi connectivity index (χ0v) is 14.0. The van der Waals surface area contributed by atoms with Gasteiger partial charge in [-0.1, -0.05) is 24.4 Å².